The molecule has 1 aromatic heterocycles. The SMILES string of the molecule is CCN(CC)CCn1cc(NC(=O)C(C)Oc2cccc(C(C)(C)C)c2)cn1. The second-order valence-electron chi connectivity index (χ2n) is 8.05. The predicted molar refractivity (Wildman–Crippen MR) is 114 cm³/mol. The number of carbonyl (C=O) groups excluding carboxylic acids is 1. The number of hydrogen-bond donors (Lipinski definition) is 1. The van der Waals surface area contributed by atoms with Crippen LogP contribution in [0.3, 0.4) is 0 Å². The largest absolute Gasteiger partial charge is 0.481 e. The van der Waals surface area contributed by atoms with Crippen LogP contribution in [0.5, 0.6) is 5.75 Å². The number of carbonyl (C=O) groups is 1. The maximum Gasteiger partial charge on any atom is 0.265 e. The third-order valence-corrected chi connectivity index (χ3v) is 4.82. The van der Waals surface area contributed by atoms with Gasteiger partial charge >= 0.3 is 0 Å². The maximum absolute atomic E-state index is 12.5. The van der Waals surface area contributed by atoms with Crippen LogP contribution in [0.4, 0.5) is 5.69 Å². The highest BCUT2D eigenvalue weighted by molar-refractivity contribution is 5.93. The Bertz CT molecular complexity index is 760. The van der Waals surface area contributed by atoms with Crippen LogP contribution < -0.4 is 10.1 Å². The molecule has 1 unspecified atom stereocenters. The molecule has 6 nitrogen and oxygen atoms in total. The summed E-state index contributed by atoms with van der Waals surface area (Å²) in [7, 11) is 0. The molecule has 0 aliphatic carbocycles. The molecule has 1 atom stereocenters. The number of rotatable bonds is 9. The van der Waals surface area contributed by atoms with Crippen molar-refractivity contribution in [3.8, 4) is 5.75 Å². The number of nitrogens with zero attached hydrogens (tertiary/aromatic N) is 3. The Morgan fingerprint density at radius 2 is 2.00 bits per heavy atom. The summed E-state index contributed by atoms with van der Waals surface area (Å²) in [5, 5.41) is 7.21. The first-order valence-electron chi connectivity index (χ1n) is 10.1. The van der Waals surface area contributed by atoms with Crippen LogP contribution in [0, 0.1) is 0 Å². The first kappa shape index (κ1) is 22.0. The number of ether oxygens (including phenoxy) is 1. The number of benzene rings is 1. The van der Waals surface area contributed by atoms with Gasteiger partial charge in [-0.25, -0.2) is 0 Å². The summed E-state index contributed by atoms with van der Waals surface area (Å²) in [5.41, 5.74) is 1.89. The van der Waals surface area contributed by atoms with Crippen LogP contribution in [0.25, 0.3) is 0 Å². The van der Waals surface area contributed by atoms with Gasteiger partial charge < -0.3 is 15.0 Å². The lowest BCUT2D eigenvalue weighted by atomic mass is 9.87. The molecule has 1 N–H and O–H groups in total. The molecule has 0 fully saturated rings. The molecule has 2 aromatic rings. The van der Waals surface area contributed by atoms with Crippen LogP contribution in [0.15, 0.2) is 36.7 Å². The van der Waals surface area contributed by atoms with E-state index in [4.69, 9.17) is 4.74 Å². The van der Waals surface area contributed by atoms with E-state index in [0.29, 0.717) is 11.4 Å². The molecule has 1 aromatic carbocycles. The van der Waals surface area contributed by atoms with Gasteiger partial charge in [-0.2, -0.15) is 5.10 Å². The normalized spacial score (nSPS) is 12.8. The van der Waals surface area contributed by atoms with Crippen molar-refractivity contribution in [2.24, 2.45) is 0 Å². The van der Waals surface area contributed by atoms with Crippen molar-refractivity contribution in [1.29, 1.82) is 0 Å². The van der Waals surface area contributed by atoms with Crippen molar-refractivity contribution in [1.82, 2.24) is 14.7 Å². The first-order chi connectivity index (χ1) is 13.2. The number of nitrogens with one attached hydrogen (secondary N) is 1. The van der Waals surface area contributed by atoms with E-state index in [-0.39, 0.29) is 11.3 Å². The van der Waals surface area contributed by atoms with E-state index >= 15 is 0 Å². The highest BCUT2D eigenvalue weighted by Crippen LogP contribution is 2.26. The van der Waals surface area contributed by atoms with Crippen LogP contribution in [0.1, 0.15) is 47.1 Å². The van der Waals surface area contributed by atoms with Gasteiger partial charge in [-0.05, 0) is 43.1 Å². The number of aromatic nitrogens is 2. The summed E-state index contributed by atoms with van der Waals surface area (Å²) in [6.07, 6.45) is 2.93. The van der Waals surface area contributed by atoms with E-state index in [1.165, 1.54) is 5.56 Å². The van der Waals surface area contributed by atoms with Crippen LogP contribution in [0.2, 0.25) is 0 Å². The Kier molecular flexibility index (Phi) is 7.63. The zero-order valence-corrected chi connectivity index (χ0v) is 18.0. The molecule has 0 saturated carbocycles. The van der Waals surface area contributed by atoms with Crippen LogP contribution >= 0.6 is 0 Å². The molecule has 6 heteroatoms. The van der Waals surface area contributed by atoms with Gasteiger partial charge in [0.15, 0.2) is 6.10 Å². The highest BCUT2D eigenvalue weighted by atomic mass is 16.5. The monoisotopic (exact) mass is 386 g/mol. The molecule has 0 aliphatic heterocycles. The molecule has 2 rings (SSSR count). The molecule has 1 amide bonds. The molecule has 0 saturated heterocycles. The van der Waals surface area contributed by atoms with E-state index in [1.807, 2.05) is 29.1 Å². The van der Waals surface area contributed by atoms with Crippen LogP contribution in [-0.4, -0.2) is 46.3 Å². The van der Waals surface area contributed by atoms with E-state index in [2.05, 4.69) is 56.0 Å². The van der Waals surface area contributed by atoms with E-state index in [0.717, 1.165) is 26.2 Å². The maximum atomic E-state index is 12.5. The molecule has 28 heavy (non-hydrogen) atoms. The Hall–Kier alpha value is -2.34. The van der Waals surface area contributed by atoms with Gasteiger partial charge in [0.1, 0.15) is 5.75 Å². The third kappa shape index (κ3) is 6.37. The quantitative estimate of drug-likeness (QED) is 0.709. The fourth-order valence-electron chi connectivity index (χ4n) is 2.87. The summed E-state index contributed by atoms with van der Waals surface area (Å²) < 4.78 is 7.71. The number of likely N-dealkylation sites (N-methyl/N-ethyl adjacent to an activating group) is 1. The lowest BCUT2D eigenvalue weighted by molar-refractivity contribution is -0.122. The predicted octanol–water partition coefficient (Wildman–Crippen LogP) is 3.93. The number of anilines is 1. The molecule has 0 aliphatic rings. The fraction of sp³-hybridized carbons (Fsp3) is 0.545. The van der Waals surface area contributed by atoms with Gasteiger partial charge in [-0.15, -0.1) is 0 Å². The lowest BCUT2D eigenvalue weighted by Gasteiger charge is -2.21. The van der Waals surface area contributed by atoms with E-state index in [1.54, 1.807) is 13.1 Å². The van der Waals surface area contributed by atoms with Gasteiger partial charge in [-0.1, -0.05) is 46.8 Å². The van der Waals surface area contributed by atoms with Gasteiger partial charge in [0.2, 0.25) is 0 Å². The summed E-state index contributed by atoms with van der Waals surface area (Å²) in [6.45, 7) is 16.3. The summed E-state index contributed by atoms with van der Waals surface area (Å²) in [6, 6.07) is 7.91. The van der Waals surface area contributed by atoms with Gasteiger partial charge in [0.05, 0.1) is 18.4 Å². The second-order valence-corrected chi connectivity index (χ2v) is 8.05. The molecule has 0 spiro atoms. The summed E-state index contributed by atoms with van der Waals surface area (Å²) in [5.74, 6) is 0.509. The Balaban J connectivity index is 1.91. The molecule has 154 valence electrons. The highest BCUT2D eigenvalue weighted by Gasteiger charge is 2.18. The zero-order chi connectivity index (χ0) is 20.7. The van der Waals surface area contributed by atoms with Gasteiger partial charge in [0, 0.05) is 12.7 Å². The average Bonchev–Trinajstić information content (AvgIpc) is 3.09. The lowest BCUT2D eigenvalue weighted by Crippen LogP contribution is -2.30. The number of amides is 1. The minimum atomic E-state index is -0.603. The minimum Gasteiger partial charge on any atom is -0.481 e. The molecule has 0 radical (unpaired) electrons. The van der Waals surface area contributed by atoms with Crippen LogP contribution in [-0.2, 0) is 16.8 Å². The molecular weight excluding hydrogens is 352 g/mol. The second kappa shape index (κ2) is 9.73. The van der Waals surface area contributed by atoms with E-state index < -0.39 is 6.10 Å². The van der Waals surface area contributed by atoms with E-state index in [9.17, 15) is 4.79 Å². The van der Waals surface area contributed by atoms with Crippen molar-refractivity contribution >= 4 is 11.6 Å². The third-order valence-electron chi connectivity index (χ3n) is 4.82. The fourth-order valence-corrected chi connectivity index (χ4v) is 2.87. The molecule has 1 heterocycles. The molecular formula is C22H34N4O2. The number of hydrogen-bond acceptors (Lipinski definition) is 4. The van der Waals surface area contributed by atoms with Crippen molar-refractivity contribution in [2.45, 2.75) is 59.6 Å². The standard InChI is InChI=1S/C22H34N4O2/c1-7-25(8-2)12-13-26-16-19(15-23-26)24-21(27)17(3)28-20-11-9-10-18(14-20)22(4,5)6/h9-11,14-17H,7-8,12-13H2,1-6H3,(H,24,27). The van der Waals surface area contributed by atoms with Crippen molar-refractivity contribution in [3.63, 3.8) is 0 Å². The Morgan fingerprint density at radius 1 is 1.29 bits per heavy atom. The van der Waals surface area contributed by atoms with Gasteiger partial charge in [0.25, 0.3) is 5.91 Å². The zero-order valence-electron chi connectivity index (χ0n) is 18.0. The average molecular weight is 387 g/mol. The Morgan fingerprint density at radius 3 is 2.64 bits per heavy atom. The minimum absolute atomic E-state index is 0.0323. The van der Waals surface area contributed by atoms with Crippen molar-refractivity contribution < 1.29 is 9.53 Å². The molecule has 0 bridgehead atoms. The Labute approximate surface area is 168 Å². The topological polar surface area (TPSA) is 59.4 Å². The van der Waals surface area contributed by atoms with Crippen molar-refractivity contribution in [3.05, 3.63) is 42.2 Å². The first-order valence-corrected chi connectivity index (χ1v) is 10.1. The van der Waals surface area contributed by atoms with Crippen molar-refractivity contribution in [2.75, 3.05) is 25.0 Å². The van der Waals surface area contributed by atoms with Gasteiger partial charge in [-0.3, -0.25) is 9.48 Å². The summed E-state index contributed by atoms with van der Waals surface area (Å²) >= 11 is 0. The smallest absolute Gasteiger partial charge is 0.265 e. The summed E-state index contributed by atoms with van der Waals surface area (Å²) in [4.78, 5) is 14.8.